The molecule has 0 aromatic heterocycles. The van der Waals surface area contributed by atoms with Gasteiger partial charge in [-0.05, 0) is 30.7 Å². The van der Waals surface area contributed by atoms with Crippen molar-refractivity contribution in [2.45, 2.75) is 39.7 Å². The summed E-state index contributed by atoms with van der Waals surface area (Å²) in [5, 5.41) is 0. The normalized spacial score (nSPS) is 32.1. The van der Waals surface area contributed by atoms with Crippen LogP contribution in [0.5, 0.6) is 0 Å². The van der Waals surface area contributed by atoms with Crippen LogP contribution in [0.1, 0.15) is 33.6 Å². The Morgan fingerprint density at radius 1 is 1.46 bits per heavy atom. The van der Waals surface area contributed by atoms with Crippen LogP contribution in [-0.2, 0) is 0 Å². The Labute approximate surface area is 87.4 Å². The van der Waals surface area contributed by atoms with E-state index in [4.69, 9.17) is 5.73 Å². The predicted octanol–water partition coefficient (Wildman–Crippen LogP) is 1.92. The van der Waals surface area contributed by atoms with E-state index < -0.39 is 0 Å². The maximum Gasteiger partial charge on any atom is 0.0251 e. The summed E-state index contributed by atoms with van der Waals surface area (Å²) in [6, 6.07) is 0.568. The van der Waals surface area contributed by atoms with Gasteiger partial charge in [0.1, 0.15) is 0 Å². The van der Waals surface area contributed by atoms with Gasteiger partial charge in [-0.2, -0.15) is 0 Å². The first-order chi connectivity index (χ1) is 5.95. The summed E-state index contributed by atoms with van der Waals surface area (Å²) >= 11 is 4.52. The van der Waals surface area contributed by atoms with Crippen molar-refractivity contribution in [2.75, 3.05) is 13.1 Å². The lowest BCUT2D eigenvalue weighted by molar-refractivity contribution is 0.117. The molecule has 2 nitrogen and oxygen atoms in total. The van der Waals surface area contributed by atoms with E-state index >= 15 is 0 Å². The lowest BCUT2D eigenvalue weighted by Crippen LogP contribution is -2.46. The van der Waals surface area contributed by atoms with Crippen molar-refractivity contribution in [2.24, 2.45) is 17.1 Å². The van der Waals surface area contributed by atoms with Crippen molar-refractivity contribution in [3.63, 3.8) is 0 Å². The van der Waals surface area contributed by atoms with Gasteiger partial charge in [0.25, 0.3) is 0 Å². The van der Waals surface area contributed by atoms with Crippen LogP contribution in [0.15, 0.2) is 0 Å². The fourth-order valence-corrected chi connectivity index (χ4v) is 2.60. The molecule has 13 heavy (non-hydrogen) atoms. The number of piperidine rings is 1. The van der Waals surface area contributed by atoms with Gasteiger partial charge in [-0.1, -0.05) is 33.6 Å². The summed E-state index contributed by atoms with van der Waals surface area (Å²) in [6.07, 6.45) is 2.40. The molecule has 0 aliphatic carbocycles. The fraction of sp³-hybridized carbons (Fsp3) is 1.00. The summed E-state index contributed by atoms with van der Waals surface area (Å²) in [6.45, 7) is 8.74. The summed E-state index contributed by atoms with van der Waals surface area (Å²) < 4.78 is 2.19. The van der Waals surface area contributed by atoms with Gasteiger partial charge in [0.05, 0.1) is 0 Å². The standard InChI is InChI=1S/C10H22N2S/c1-10(2,3)9-6-8(7-11)4-5-12(9)13/h8-9,13H,4-7,11H2,1-3H3. The number of hydrogen-bond acceptors (Lipinski definition) is 3. The van der Waals surface area contributed by atoms with E-state index in [9.17, 15) is 0 Å². The molecule has 0 bridgehead atoms. The van der Waals surface area contributed by atoms with Gasteiger partial charge in [-0.3, -0.25) is 0 Å². The smallest absolute Gasteiger partial charge is 0.0251 e. The van der Waals surface area contributed by atoms with E-state index in [0.29, 0.717) is 17.4 Å². The predicted molar refractivity (Wildman–Crippen MR) is 60.7 cm³/mol. The van der Waals surface area contributed by atoms with E-state index in [1.807, 2.05) is 0 Å². The maximum atomic E-state index is 5.71. The average Bonchev–Trinajstić information content (AvgIpc) is 2.03. The summed E-state index contributed by atoms with van der Waals surface area (Å²) in [5.74, 6) is 0.702. The molecule has 0 spiro atoms. The second kappa shape index (κ2) is 4.20. The lowest BCUT2D eigenvalue weighted by Gasteiger charge is -2.43. The van der Waals surface area contributed by atoms with Crippen LogP contribution in [0.4, 0.5) is 0 Å². The Bertz CT molecular complexity index is 165. The number of nitrogens with two attached hydrogens (primary N) is 1. The van der Waals surface area contributed by atoms with Gasteiger partial charge in [0, 0.05) is 12.6 Å². The second-order valence-corrected chi connectivity index (χ2v) is 5.68. The number of nitrogens with zero attached hydrogens (tertiary/aromatic N) is 1. The molecule has 2 N–H and O–H groups in total. The molecule has 1 aliphatic rings. The Hall–Kier alpha value is 0.270. The molecule has 0 aromatic carbocycles. The first kappa shape index (κ1) is 11.3. The topological polar surface area (TPSA) is 29.3 Å². The summed E-state index contributed by atoms with van der Waals surface area (Å²) in [7, 11) is 0. The van der Waals surface area contributed by atoms with Crippen molar-refractivity contribution in [3.8, 4) is 0 Å². The molecule has 1 saturated heterocycles. The highest BCUT2D eigenvalue weighted by Crippen LogP contribution is 2.34. The number of rotatable bonds is 1. The highest BCUT2D eigenvalue weighted by molar-refractivity contribution is 7.77. The van der Waals surface area contributed by atoms with Gasteiger partial charge in [-0.25, -0.2) is 4.31 Å². The Morgan fingerprint density at radius 2 is 2.08 bits per heavy atom. The first-order valence-corrected chi connectivity index (χ1v) is 5.50. The quantitative estimate of drug-likeness (QED) is 0.636. The second-order valence-electron chi connectivity index (χ2n) is 5.17. The molecule has 3 heteroatoms. The van der Waals surface area contributed by atoms with Crippen LogP contribution >= 0.6 is 12.8 Å². The van der Waals surface area contributed by atoms with Crippen LogP contribution in [-0.4, -0.2) is 23.4 Å². The van der Waals surface area contributed by atoms with Gasteiger partial charge < -0.3 is 5.73 Å². The van der Waals surface area contributed by atoms with Gasteiger partial charge in [0.2, 0.25) is 0 Å². The van der Waals surface area contributed by atoms with Gasteiger partial charge >= 0.3 is 0 Å². The third-order valence-corrected chi connectivity index (χ3v) is 3.49. The molecule has 0 saturated carbocycles. The zero-order valence-corrected chi connectivity index (χ0v) is 9.85. The first-order valence-electron chi connectivity index (χ1n) is 5.10. The molecule has 0 radical (unpaired) electrons. The van der Waals surface area contributed by atoms with Crippen molar-refractivity contribution < 1.29 is 0 Å². The third-order valence-electron chi connectivity index (χ3n) is 3.02. The molecule has 0 aromatic rings. The summed E-state index contributed by atoms with van der Waals surface area (Å²) in [5.41, 5.74) is 6.03. The molecule has 1 aliphatic heterocycles. The van der Waals surface area contributed by atoms with Crippen molar-refractivity contribution >= 4 is 12.8 Å². The fourth-order valence-electron chi connectivity index (χ4n) is 2.04. The minimum Gasteiger partial charge on any atom is -0.330 e. The van der Waals surface area contributed by atoms with Crippen molar-refractivity contribution in [1.29, 1.82) is 0 Å². The van der Waals surface area contributed by atoms with Crippen LogP contribution in [0, 0.1) is 11.3 Å². The van der Waals surface area contributed by atoms with Crippen LogP contribution < -0.4 is 5.73 Å². The molecule has 1 fully saturated rings. The van der Waals surface area contributed by atoms with Crippen molar-refractivity contribution in [3.05, 3.63) is 0 Å². The van der Waals surface area contributed by atoms with E-state index in [1.54, 1.807) is 0 Å². The Balaban J connectivity index is 2.60. The molecule has 78 valence electrons. The maximum absolute atomic E-state index is 5.71. The molecular weight excluding hydrogens is 180 g/mol. The van der Waals surface area contributed by atoms with E-state index in [2.05, 4.69) is 37.9 Å². The highest BCUT2D eigenvalue weighted by Gasteiger charge is 2.34. The Kier molecular flexibility index (Phi) is 3.66. The molecular formula is C10H22N2S. The number of thiol groups is 1. The monoisotopic (exact) mass is 202 g/mol. The lowest BCUT2D eigenvalue weighted by atomic mass is 9.78. The molecule has 1 heterocycles. The van der Waals surface area contributed by atoms with E-state index in [-0.39, 0.29) is 0 Å². The van der Waals surface area contributed by atoms with Crippen LogP contribution in [0.2, 0.25) is 0 Å². The largest absolute Gasteiger partial charge is 0.330 e. The highest BCUT2D eigenvalue weighted by atomic mass is 32.1. The SMILES string of the molecule is CC(C)(C)C1CC(CN)CCN1S. The van der Waals surface area contributed by atoms with E-state index in [1.165, 1.54) is 12.8 Å². The van der Waals surface area contributed by atoms with E-state index in [0.717, 1.165) is 13.1 Å². The van der Waals surface area contributed by atoms with Gasteiger partial charge in [-0.15, -0.1) is 0 Å². The van der Waals surface area contributed by atoms with Crippen molar-refractivity contribution in [1.82, 2.24) is 4.31 Å². The molecule has 2 atom stereocenters. The third kappa shape index (κ3) is 2.86. The molecule has 2 unspecified atom stereocenters. The molecule has 0 amide bonds. The number of hydrogen-bond donors (Lipinski definition) is 2. The minimum atomic E-state index is 0.315. The van der Waals surface area contributed by atoms with Crippen LogP contribution in [0.3, 0.4) is 0 Å². The van der Waals surface area contributed by atoms with Crippen LogP contribution in [0.25, 0.3) is 0 Å². The Morgan fingerprint density at radius 3 is 2.54 bits per heavy atom. The zero-order chi connectivity index (χ0) is 10.1. The minimum absolute atomic E-state index is 0.315. The summed E-state index contributed by atoms with van der Waals surface area (Å²) in [4.78, 5) is 0. The zero-order valence-electron chi connectivity index (χ0n) is 8.95. The average molecular weight is 202 g/mol. The molecule has 1 rings (SSSR count). The van der Waals surface area contributed by atoms with Gasteiger partial charge in [0.15, 0.2) is 0 Å².